The number of aromatic nitrogens is 1. The summed E-state index contributed by atoms with van der Waals surface area (Å²) in [6.07, 6.45) is 5.98. The Morgan fingerprint density at radius 3 is 2.43 bits per heavy atom. The van der Waals surface area contributed by atoms with Gasteiger partial charge in [-0.15, -0.1) is 0 Å². The maximum Gasteiger partial charge on any atom is 0.308 e. The van der Waals surface area contributed by atoms with Gasteiger partial charge in [0.25, 0.3) is 5.56 Å². The molecule has 28 heavy (non-hydrogen) atoms. The van der Waals surface area contributed by atoms with E-state index in [9.17, 15) is 9.59 Å². The fourth-order valence-electron chi connectivity index (χ4n) is 3.12. The number of aryl methyl sites for hydroxylation is 1. The molecule has 1 heterocycles. The zero-order chi connectivity index (χ0) is 20.5. The lowest BCUT2D eigenvalue weighted by atomic mass is 10.1. The number of carbonyl (C=O) groups is 1. The number of hydrogen-bond donors (Lipinski definition) is 0. The van der Waals surface area contributed by atoms with Gasteiger partial charge in [-0.3, -0.25) is 9.59 Å². The molecule has 0 aliphatic heterocycles. The molecular weight excluding hydrogens is 358 g/mol. The van der Waals surface area contributed by atoms with Crippen LogP contribution in [0.4, 0.5) is 0 Å². The van der Waals surface area contributed by atoms with Crippen molar-refractivity contribution in [1.82, 2.24) is 4.57 Å². The van der Waals surface area contributed by atoms with E-state index in [1.807, 2.05) is 18.2 Å². The van der Waals surface area contributed by atoms with Crippen LogP contribution in [0.3, 0.4) is 0 Å². The minimum Gasteiger partial charge on any atom is -0.497 e. The molecule has 154 valence electrons. The summed E-state index contributed by atoms with van der Waals surface area (Å²) in [6.45, 7) is 6.50. The molecule has 0 amide bonds. The SMILES string of the molecule is CCCCCCOc1c(OC(C)=O)c(=O)n(CCCC)c2cc(OC)ccc12. The smallest absolute Gasteiger partial charge is 0.308 e. The Kier molecular flexibility index (Phi) is 8.36. The Hall–Kier alpha value is -2.50. The number of carbonyl (C=O) groups excluding carboxylic acids is 1. The molecule has 0 saturated carbocycles. The summed E-state index contributed by atoms with van der Waals surface area (Å²) in [5.74, 6) is 0.424. The second kappa shape index (κ2) is 10.7. The number of ether oxygens (including phenoxy) is 3. The van der Waals surface area contributed by atoms with E-state index in [-0.39, 0.29) is 11.3 Å². The normalized spacial score (nSPS) is 10.9. The average Bonchev–Trinajstić information content (AvgIpc) is 2.68. The van der Waals surface area contributed by atoms with Crippen molar-refractivity contribution in [3.63, 3.8) is 0 Å². The molecule has 0 spiro atoms. The number of methoxy groups -OCH3 is 1. The van der Waals surface area contributed by atoms with Gasteiger partial charge in [0.2, 0.25) is 5.75 Å². The molecule has 0 fully saturated rings. The third kappa shape index (κ3) is 5.27. The third-order valence-electron chi connectivity index (χ3n) is 4.61. The second-order valence-corrected chi connectivity index (χ2v) is 6.85. The molecule has 0 aliphatic rings. The summed E-state index contributed by atoms with van der Waals surface area (Å²) >= 11 is 0. The predicted octanol–water partition coefficient (Wildman–Crippen LogP) is 4.69. The minimum absolute atomic E-state index is 0.0308. The number of nitrogens with zero attached hydrogens (tertiary/aromatic N) is 1. The average molecular weight is 389 g/mol. The number of unbranched alkanes of at least 4 members (excludes halogenated alkanes) is 4. The summed E-state index contributed by atoms with van der Waals surface area (Å²) in [5, 5.41) is 0.739. The summed E-state index contributed by atoms with van der Waals surface area (Å²) in [5.41, 5.74) is 0.366. The summed E-state index contributed by atoms with van der Waals surface area (Å²) in [6, 6.07) is 5.50. The molecule has 2 rings (SSSR count). The number of benzene rings is 1. The van der Waals surface area contributed by atoms with Crippen LogP contribution in [-0.2, 0) is 11.3 Å². The minimum atomic E-state index is -0.539. The molecule has 0 atom stereocenters. The summed E-state index contributed by atoms with van der Waals surface area (Å²) in [4.78, 5) is 24.8. The number of rotatable bonds is 11. The molecule has 1 aromatic carbocycles. The molecular formula is C22H31NO5. The van der Waals surface area contributed by atoms with E-state index in [1.54, 1.807) is 11.7 Å². The third-order valence-corrected chi connectivity index (χ3v) is 4.61. The van der Waals surface area contributed by atoms with Crippen molar-refractivity contribution in [3.05, 3.63) is 28.6 Å². The van der Waals surface area contributed by atoms with Gasteiger partial charge in [-0.1, -0.05) is 39.5 Å². The van der Waals surface area contributed by atoms with Crippen LogP contribution in [0.1, 0.15) is 59.3 Å². The van der Waals surface area contributed by atoms with Crippen LogP contribution in [0.25, 0.3) is 10.9 Å². The first-order valence-electron chi connectivity index (χ1n) is 10.1. The lowest BCUT2D eigenvalue weighted by Gasteiger charge is -2.18. The second-order valence-electron chi connectivity index (χ2n) is 6.85. The predicted molar refractivity (Wildman–Crippen MR) is 111 cm³/mol. The Labute approximate surface area is 166 Å². The topological polar surface area (TPSA) is 66.8 Å². The largest absolute Gasteiger partial charge is 0.497 e. The van der Waals surface area contributed by atoms with Crippen molar-refractivity contribution in [2.75, 3.05) is 13.7 Å². The zero-order valence-electron chi connectivity index (χ0n) is 17.4. The maximum absolute atomic E-state index is 13.1. The van der Waals surface area contributed by atoms with Crippen molar-refractivity contribution in [2.45, 2.75) is 65.8 Å². The summed E-state index contributed by atoms with van der Waals surface area (Å²) in [7, 11) is 1.59. The molecule has 0 unspecified atom stereocenters. The van der Waals surface area contributed by atoms with Crippen molar-refractivity contribution >= 4 is 16.9 Å². The number of fused-ring (bicyclic) bond motifs is 1. The molecule has 1 aromatic heterocycles. The molecule has 0 saturated heterocycles. The molecule has 2 aromatic rings. The Bertz CT molecular complexity index is 856. The van der Waals surface area contributed by atoms with Crippen LogP contribution in [0.15, 0.2) is 23.0 Å². The summed E-state index contributed by atoms with van der Waals surface area (Å²) < 4.78 is 18.3. The van der Waals surface area contributed by atoms with Gasteiger partial charge < -0.3 is 18.8 Å². The van der Waals surface area contributed by atoms with Crippen LogP contribution in [-0.4, -0.2) is 24.3 Å². The Morgan fingerprint density at radius 2 is 1.79 bits per heavy atom. The van der Waals surface area contributed by atoms with E-state index in [0.29, 0.717) is 24.7 Å². The van der Waals surface area contributed by atoms with Crippen molar-refractivity contribution in [2.24, 2.45) is 0 Å². The first kappa shape index (κ1) is 21.8. The molecule has 0 radical (unpaired) electrons. The number of hydrogen-bond acceptors (Lipinski definition) is 5. The van der Waals surface area contributed by atoms with Gasteiger partial charge in [-0.25, -0.2) is 0 Å². The highest BCUT2D eigenvalue weighted by Crippen LogP contribution is 2.35. The van der Waals surface area contributed by atoms with Gasteiger partial charge in [-0.05, 0) is 25.0 Å². The van der Waals surface area contributed by atoms with Gasteiger partial charge in [0.1, 0.15) is 5.75 Å². The van der Waals surface area contributed by atoms with Gasteiger partial charge in [0.05, 0.1) is 19.2 Å². The maximum atomic E-state index is 13.1. The van der Waals surface area contributed by atoms with Crippen LogP contribution in [0.5, 0.6) is 17.2 Å². The molecule has 6 heteroatoms. The number of esters is 1. The zero-order valence-corrected chi connectivity index (χ0v) is 17.4. The lowest BCUT2D eigenvalue weighted by Crippen LogP contribution is -2.25. The van der Waals surface area contributed by atoms with E-state index < -0.39 is 5.97 Å². The fraction of sp³-hybridized carbons (Fsp3) is 0.545. The van der Waals surface area contributed by atoms with Crippen LogP contribution in [0.2, 0.25) is 0 Å². The van der Waals surface area contributed by atoms with Crippen LogP contribution >= 0.6 is 0 Å². The fourth-order valence-corrected chi connectivity index (χ4v) is 3.12. The van der Waals surface area contributed by atoms with Gasteiger partial charge in [0.15, 0.2) is 5.75 Å². The molecule has 0 bridgehead atoms. The van der Waals surface area contributed by atoms with Gasteiger partial charge in [0, 0.05) is 24.9 Å². The van der Waals surface area contributed by atoms with Crippen LogP contribution < -0.4 is 19.8 Å². The monoisotopic (exact) mass is 389 g/mol. The van der Waals surface area contributed by atoms with E-state index in [1.165, 1.54) is 6.92 Å². The van der Waals surface area contributed by atoms with Gasteiger partial charge >= 0.3 is 5.97 Å². The van der Waals surface area contributed by atoms with Crippen LogP contribution in [0, 0.1) is 0 Å². The highest BCUT2D eigenvalue weighted by atomic mass is 16.6. The standard InChI is InChI=1S/C22H31NO5/c1-5-7-9-10-14-27-20-18-12-11-17(26-4)15-19(18)23(13-8-6-2)22(25)21(20)28-16(3)24/h11-12,15H,5-10,13-14H2,1-4H3. The highest BCUT2D eigenvalue weighted by molar-refractivity contribution is 5.90. The van der Waals surface area contributed by atoms with E-state index >= 15 is 0 Å². The Balaban J connectivity index is 2.58. The first-order valence-corrected chi connectivity index (χ1v) is 10.1. The van der Waals surface area contributed by atoms with Crippen molar-refractivity contribution in [1.29, 1.82) is 0 Å². The highest BCUT2D eigenvalue weighted by Gasteiger charge is 2.21. The molecule has 0 aliphatic carbocycles. The lowest BCUT2D eigenvalue weighted by molar-refractivity contribution is -0.132. The molecule has 6 nitrogen and oxygen atoms in total. The van der Waals surface area contributed by atoms with E-state index in [4.69, 9.17) is 14.2 Å². The van der Waals surface area contributed by atoms with Gasteiger partial charge in [-0.2, -0.15) is 0 Å². The van der Waals surface area contributed by atoms with Crippen molar-refractivity contribution in [3.8, 4) is 17.2 Å². The molecule has 0 N–H and O–H groups in total. The first-order chi connectivity index (χ1) is 13.5. The number of pyridine rings is 1. The van der Waals surface area contributed by atoms with Crippen molar-refractivity contribution < 1.29 is 19.0 Å². The van der Waals surface area contributed by atoms with E-state index in [2.05, 4.69) is 13.8 Å². The van der Waals surface area contributed by atoms with E-state index in [0.717, 1.165) is 49.4 Å². The quantitative estimate of drug-likeness (QED) is 0.412. The Morgan fingerprint density at radius 1 is 1.04 bits per heavy atom.